The van der Waals surface area contributed by atoms with E-state index < -0.39 is 16.1 Å². The maximum atomic E-state index is 12.5. The van der Waals surface area contributed by atoms with Crippen LogP contribution in [0.1, 0.15) is 12.5 Å². The summed E-state index contributed by atoms with van der Waals surface area (Å²) in [5, 5.41) is 3.40. The molecule has 1 atom stereocenters. The molecule has 8 heteroatoms. The van der Waals surface area contributed by atoms with E-state index in [1.54, 1.807) is 43.3 Å². The number of carbonyl (C=O) groups excluding carboxylic acids is 1. The van der Waals surface area contributed by atoms with Gasteiger partial charge in [0.25, 0.3) is 5.91 Å². The lowest BCUT2D eigenvalue weighted by atomic mass is 10.2. The summed E-state index contributed by atoms with van der Waals surface area (Å²) >= 11 is 5.85. The topological polar surface area (TPSA) is 75.7 Å². The lowest BCUT2D eigenvalue weighted by molar-refractivity contribution is -0.127. The van der Waals surface area contributed by atoms with Gasteiger partial charge in [-0.15, -0.1) is 0 Å². The van der Waals surface area contributed by atoms with Crippen LogP contribution in [0.15, 0.2) is 48.5 Å². The molecule has 6 nitrogen and oxygen atoms in total. The predicted molar refractivity (Wildman–Crippen MR) is 101 cm³/mol. The van der Waals surface area contributed by atoms with Crippen LogP contribution in [0, 0.1) is 0 Å². The van der Waals surface area contributed by atoms with Gasteiger partial charge >= 0.3 is 0 Å². The van der Waals surface area contributed by atoms with E-state index in [2.05, 4.69) is 5.32 Å². The van der Waals surface area contributed by atoms with Gasteiger partial charge in [-0.25, -0.2) is 8.42 Å². The molecule has 0 fully saturated rings. The van der Waals surface area contributed by atoms with Gasteiger partial charge in [0.2, 0.25) is 10.0 Å². The molecule has 26 heavy (non-hydrogen) atoms. The second-order valence-electron chi connectivity index (χ2n) is 5.85. The monoisotopic (exact) mass is 394 g/mol. The fourth-order valence-corrected chi connectivity index (χ4v) is 3.91. The lowest BCUT2D eigenvalue weighted by Crippen LogP contribution is -2.50. The van der Waals surface area contributed by atoms with Crippen molar-refractivity contribution < 1.29 is 17.9 Å². The molecule has 1 aliphatic rings. The Hall–Kier alpha value is -2.25. The second kappa shape index (κ2) is 7.55. The Morgan fingerprint density at radius 1 is 1.23 bits per heavy atom. The van der Waals surface area contributed by atoms with Gasteiger partial charge in [0.1, 0.15) is 5.75 Å². The van der Waals surface area contributed by atoms with E-state index in [1.807, 2.05) is 12.1 Å². The highest BCUT2D eigenvalue weighted by Gasteiger charge is 2.35. The van der Waals surface area contributed by atoms with E-state index in [4.69, 9.17) is 16.3 Å². The zero-order valence-corrected chi connectivity index (χ0v) is 15.8. The minimum Gasteiger partial charge on any atom is -0.476 e. The number of hydrogen-bond acceptors (Lipinski definition) is 4. The highest BCUT2D eigenvalue weighted by Crippen LogP contribution is 2.35. The predicted octanol–water partition coefficient (Wildman–Crippen LogP) is 2.57. The molecule has 1 N–H and O–H groups in total. The average molecular weight is 395 g/mol. The second-order valence-corrected chi connectivity index (χ2v) is 8.47. The number of sulfonamides is 1. The first-order valence-corrected chi connectivity index (χ1v) is 10.2. The number of ether oxygens (including phenoxy) is 1. The smallest absolute Gasteiger partial charge is 0.263 e. The van der Waals surface area contributed by atoms with Crippen LogP contribution < -0.4 is 14.4 Å². The van der Waals surface area contributed by atoms with Crippen molar-refractivity contribution in [2.24, 2.45) is 0 Å². The van der Waals surface area contributed by atoms with Crippen LogP contribution in [0.25, 0.3) is 0 Å². The minimum atomic E-state index is -3.51. The molecule has 2 aromatic carbocycles. The number of anilines is 1. The fraction of sp³-hybridized carbons (Fsp3) is 0.278. The molecule has 1 heterocycles. The van der Waals surface area contributed by atoms with Crippen LogP contribution in [0.4, 0.5) is 5.69 Å². The summed E-state index contributed by atoms with van der Waals surface area (Å²) in [6.07, 6.45) is -0.918. The van der Waals surface area contributed by atoms with Crippen molar-refractivity contribution in [3.8, 4) is 5.75 Å². The summed E-state index contributed by atoms with van der Waals surface area (Å²) in [4.78, 5) is 12.5. The van der Waals surface area contributed by atoms with E-state index in [0.717, 1.165) is 5.56 Å². The van der Waals surface area contributed by atoms with E-state index in [-0.39, 0.29) is 18.2 Å². The summed E-state index contributed by atoms with van der Waals surface area (Å²) in [6.45, 7) is 1.82. The van der Waals surface area contributed by atoms with Crippen LogP contribution >= 0.6 is 11.6 Å². The SMILES string of the molecule is CCS(=O)(=O)N1C[C@@H](C(=O)NCc2ccc(Cl)cc2)Oc2ccccc21. The zero-order chi connectivity index (χ0) is 18.7. The number of nitrogens with zero attached hydrogens (tertiary/aromatic N) is 1. The van der Waals surface area contributed by atoms with Crippen molar-refractivity contribution in [1.29, 1.82) is 0 Å². The van der Waals surface area contributed by atoms with E-state index in [9.17, 15) is 13.2 Å². The van der Waals surface area contributed by atoms with Crippen molar-refractivity contribution in [1.82, 2.24) is 5.32 Å². The van der Waals surface area contributed by atoms with Gasteiger partial charge in [0.05, 0.1) is 18.0 Å². The molecule has 0 saturated heterocycles. The first-order chi connectivity index (χ1) is 12.4. The van der Waals surface area contributed by atoms with Crippen molar-refractivity contribution in [2.75, 3.05) is 16.6 Å². The molecular formula is C18H19ClN2O4S. The van der Waals surface area contributed by atoms with Gasteiger partial charge in [-0.1, -0.05) is 35.9 Å². The molecule has 1 amide bonds. The maximum Gasteiger partial charge on any atom is 0.263 e. The molecule has 0 aliphatic carbocycles. The molecule has 0 radical (unpaired) electrons. The number of fused-ring (bicyclic) bond motifs is 1. The van der Waals surface area contributed by atoms with Crippen LogP contribution in [0.3, 0.4) is 0 Å². The van der Waals surface area contributed by atoms with Crippen LogP contribution in [0.2, 0.25) is 5.02 Å². The summed E-state index contributed by atoms with van der Waals surface area (Å²) in [5.74, 6) is -0.0475. The molecular weight excluding hydrogens is 376 g/mol. The van der Waals surface area contributed by atoms with E-state index in [0.29, 0.717) is 23.0 Å². The highest BCUT2D eigenvalue weighted by molar-refractivity contribution is 7.92. The Morgan fingerprint density at radius 3 is 2.62 bits per heavy atom. The Balaban J connectivity index is 1.76. The third kappa shape index (κ3) is 3.94. The van der Waals surface area contributed by atoms with Gasteiger partial charge < -0.3 is 10.1 Å². The molecule has 1 aliphatic heterocycles. The number of carbonyl (C=O) groups is 1. The number of para-hydroxylation sites is 2. The molecule has 0 unspecified atom stereocenters. The summed E-state index contributed by atoms with van der Waals surface area (Å²) in [5.41, 5.74) is 1.34. The first kappa shape index (κ1) is 18.5. The number of rotatable bonds is 5. The number of benzene rings is 2. The van der Waals surface area contributed by atoms with Crippen molar-refractivity contribution in [3.05, 3.63) is 59.1 Å². The Bertz CT molecular complexity index is 900. The molecule has 2 aromatic rings. The molecule has 3 rings (SSSR count). The van der Waals surface area contributed by atoms with Crippen molar-refractivity contribution in [3.63, 3.8) is 0 Å². The normalized spacial score (nSPS) is 16.5. The number of hydrogen-bond donors (Lipinski definition) is 1. The standard InChI is InChI=1S/C18H19ClN2O4S/c1-2-26(23,24)21-12-17(25-16-6-4-3-5-15(16)21)18(22)20-11-13-7-9-14(19)10-8-13/h3-10,17H,2,11-12H2,1H3,(H,20,22)/t17-/m0/s1. The van der Waals surface area contributed by atoms with Crippen LogP contribution in [0.5, 0.6) is 5.75 Å². The summed E-state index contributed by atoms with van der Waals surface area (Å²) < 4.78 is 31.8. The Kier molecular flexibility index (Phi) is 5.38. The van der Waals surface area contributed by atoms with Crippen LogP contribution in [-0.4, -0.2) is 32.7 Å². The van der Waals surface area contributed by atoms with E-state index in [1.165, 1.54) is 4.31 Å². The third-order valence-corrected chi connectivity index (χ3v) is 6.11. The molecule has 0 aromatic heterocycles. The molecule has 0 bridgehead atoms. The minimum absolute atomic E-state index is 0.0551. The maximum absolute atomic E-state index is 12.5. The summed E-state index contributed by atoms with van der Waals surface area (Å²) in [6, 6.07) is 13.9. The van der Waals surface area contributed by atoms with Crippen molar-refractivity contribution in [2.45, 2.75) is 19.6 Å². The van der Waals surface area contributed by atoms with Crippen molar-refractivity contribution >= 4 is 33.2 Å². The quantitative estimate of drug-likeness (QED) is 0.845. The van der Waals surface area contributed by atoms with Gasteiger partial charge in [-0.3, -0.25) is 9.10 Å². The van der Waals surface area contributed by atoms with E-state index >= 15 is 0 Å². The third-order valence-electron chi connectivity index (χ3n) is 4.11. The average Bonchev–Trinajstić information content (AvgIpc) is 2.66. The number of amides is 1. The Labute approximate surface area is 157 Å². The Morgan fingerprint density at radius 2 is 1.92 bits per heavy atom. The van der Waals surface area contributed by atoms with Gasteiger partial charge in [-0.2, -0.15) is 0 Å². The zero-order valence-electron chi connectivity index (χ0n) is 14.2. The number of halogens is 1. The fourth-order valence-electron chi connectivity index (χ4n) is 2.66. The molecule has 0 spiro atoms. The lowest BCUT2D eigenvalue weighted by Gasteiger charge is -2.34. The van der Waals surface area contributed by atoms with Crippen LogP contribution in [-0.2, 0) is 21.4 Å². The summed E-state index contributed by atoms with van der Waals surface area (Å²) in [7, 11) is -3.51. The first-order valence-electron chi connectivity index (χ1n) is 8.19. The van der Waals surface area contributed by atoms with Gasteiger partial charge in [0, 0.05) is 11.6 Å². The molecule has 138 valence electrons. The highest BCUT2D eigenvalue weighted by atomic mass is 35.5. The molecule has 0 saturated carbocycles. The largest absolute Gasteiger partial charge is 0.476 e. The van der Waals surface area contributed by atoms with Gasteiger partial charge in [0.15, 0.2) is 6.10 Å². The van der Waals surface area contributed by atoms with Gasteiger partial charge in [-0.05, 0) is 36.8 Å². The number of nitrogens with one attached hydrogen (secondary N) is 1.